The topological polar surface area (TPSA) is 38.3 Å². The third kappa shape index (κ3) is 2.87. The van der Waals surface area contributed by atoms with Crippen LogP contribution in [0.2, 0.25) is 0 Å². The van der Waals surface area contributed by atoms with Crippen molar-refractivity contribution in [1.82, 2.24) is 5.32 Å². The van der Waals surface area contributed by atoms with Crippen molar-refractivity contribution in [3.63, 3.8) is 0 Å². The highest BCUT2D eigenvalue weighted by Crippen LogP contribution is 2.40. The van der Waals surface area contributed by atoms with Crippen molar-refractivity contribution >= 4 is 17.3 Å². The molecule has 1 N–H and O–H groups in total. The van der Waals surface area contributed by atoms with E-state index in [1.807, 2.05) is 19.9 Å². The Morgan fingerprint density at radius 1 is 1.65 bits per heavy atom. The summed E-state index contributed by atoms with van der Waals surface area (Å²) in [6.07, 6.45) is 2.24. The highest BCUT2D eigenvalue weighted by atomic mass is 32.1. The second-order valence-corrected chi connectivity index (χ2v) is 5.66. The Hall–Kier alpha value is -0.870. The maximum atomic E-state index is 12.0. The SMILES string of the molecule is CCOC(=O)C(C)(NCc1cccs1)C1CC1. The Morgan fingerprint density at radius 2 is 2.41 bits per heavy atom. The average Bonchev–Trinajstić information content (AvgIpc) is 3.05. The van der Waals surface area contributed by atoms with Gasteiger partial charge in [-0.3, -0.25) is 10.1 Å². The molecule has 0 radical (unpaired) electrons. The summed E-state index contributed by atoms with van der Waals surface area (Å²) in [6.45, 7) is 5.01. The van der Waals surface area contributed by atoms with Gasteiger partial charge < -0.3 is 4.74 Å². The number of rotatable bonds is 6. The van der Waals surface area contributed by atoms with E-state index in [9.17, 15) is 4.79 Å². The van der Waals surface area contributed by atoms with E-state index in [1.165, 1.54) is 4.88 Å². The van der Waals surface area contributed by atoms with Gasteiger partial charge in [0.15, 0.2) is 0 Å². The second-order valence-electron chi connectivity index (χ2n) is 4.63. The van der Waals surface area contributed by atoms with E-state index in [1.54, 1.807) is 11.3 Å². The Labute approximate surface area is 106 Å². The summed E-state index contributed by atoms with van der Waals surface area (Å²) in [6, 6.07) is 4.11. The van der Waals surface area contributed by atoms with Crippen molar-refractivity contribution < 1.29 is 9.53 Å². The number of hydrogen-bond donors (Lipinski definition) is 1. The van der Waals surface area contributed by atoms with Crippen molar-refractivity contribution in [2.24, 2.45) is 5.92 Å². The van der Waals surface area contributed by atoms with Crippen LogP contribution >= 0.6 is 11.3 Å². The molecule has 1 aliphatic carbocycles. The molecule has 0 bridgehead atoms. The van der Waals surface area contributed by atoms with Crippen LogP contribution in [0.5, 0.6) is 0 Å². The monoisotopic (exact) mass is 253 g/mol. The summed E-state index contributed by atoms with van der Waals surface area (Å²) >= 11 is 1.71. The van der Waals surface area contributed by atoms with Crippen LogP contribution in [-0.2, 0) is 16.1 Å². The average molecular weight is 253 g/mol. The molecule has 1 aromatic rings. The van der Waals surface area contributed by atoms with Gasteiger partial charge in [0, 0.05) is 11.4 Å². The summed E-state index contributed by atoms with van der Waals surface area (Å²) in [7, 11) is 0. The fourth-order valence-corrected chi connectivity index (χ4v) is 2.65. The van der Waals surface area contributed by atoms with Gasteiger partial charge in [-0.25, -0.2) is 0 Å². The zero-order valence-corrected chi connectivity index (χ0v) is 11.2. The van der Waals surface area contributed by atoms with Crippen LogP contribution in [-0.4, -0.2) is 18.1 Å². The van der Waals surface area contributed by atoms with Crippen molar-refractivity contribution in [2.75, 3.05) is 6.61 Å². The first-order valence-electron chi connectivity index (χ1n) is 6.11. The Balaban J connectivity index is 1.98. The number of thiophene rings is 1. The summed E-state index contributed by atoms with van der Waals surface area (Å²) in [5.41, 5.74) is -0.514. The lowest BCUT2D eigenvalue weighted by atomic mass is 9.96. The molecule has 1 aromatic heterocycles. The maximum absolute atomic E-state index is 12.0. The van der Waals surface area contributed by atoms with Gasteiger partial charge in [0.25, 0.3) is 0 Å². The molecule has 1 fully saturated rings. The molecule has 0 saturated heterocycles. The fraction of sp³-hybridized carbons (Fsp3) is 0.615. The van der Waals surface area contributed by atoms with Gasteiger partial charge in [-0.2, -0.15) is 0 Å². The molecule has 0 aliphatic heterocycles. The molecule has 0 amide bonds. The van der Waals surface area contributed by atoms with Crippen molar-refractivity contribution in [2.45, 2.75) is 38.8 Å². The Bertz CT molecular complexity index is 373. The number of ether oxygens (including phenoxy) is 1. The minimum Gasteiger partial charge on any atom is -0.465 e. The van der Waals surface area contributed by atoms with E-state index < -0.39 is 5.54 Å². The van der Waals surface area contributed by atoms with Crippen LogP contribution in [0.25, 0.3) is 0 Å². The predicted molar refractivity (Wildman–Crippen MR) is 68.9 cm³/mol. The summed E-state index contributed by atoms with van der Waals surface area (Å²) in [5, 5.41) is 5.43. The van der Waals surface area contributed by atoms with Crippen LogP contribution in [0, 0.1) is 5.92 Å². The zero-order valence-electron chi connectivity index (χ0n) is 10.4. The van der Waals surface area contributed by atoms with Crippen molar-refractivity contribution in [3.8, 4) is 0 Å². The lowest BCUT2D eigenvalue weighted by Gasteiger charge is -2.28. The van der Waals surface area contributed by atoms with Gasteiger partial charge in [0.05, 0.1) is 6.61 Å². The van der Waals surface area contributed by atoms with Crippen LogP contribution in [0.1, 0.15) is 31.6 Å². The smallest absolute Gasteiger partial charge is 0.326 e. The molecule has 2 rings (SSSR count). The van der Waals surface area contributed by atoms with Gasteiger partial charge in [-0.1, -0.05) is 6.07 Å². The van der Waals surface area contributed by atoms with E-state index in [4.69, 9.17) is 4.74 Å². The molecule has 94 valence electrons. The van der Waals surface area contributed by atoms with Gasteiger partial charge in [0.2, 0.25) is 0 Å². The minimum atomic E-state index is -0.514. The normalized spacial score (nSPS) is 18.7. The molecule has 1 heterocycles. The largest absolute Gasteiger partial charge is 0.465 e. The van der Waals surface area contributed by atoms with Crippen molar-refractivity contribution in [3.05, 3.63) is 22.4 Å². The van der Waals surface area contributed by atoms with Gasteiger partial charge in [-0.05, 0) is 44.1 Å². The summed E-state index contributed by atoms with van der Waals surface area (Å²) in [4.78, 5) is 13.3. The molecule has 3 nitrogen and oxygen atoms in total. The highest BCUT2D eigenvalue weighted by molar-refractivity contribution is 7.09. The van der Waals surface area contributed by atoms with Crippen LogP contribution < -0.4 is 5.32 Å². The van der Waals surface area contributed by atoms with E-state index in [0.717, 1.165) is 19.4 Å². The maximum Gasteiger partial charge on any atom is 0.326 e. The number of carbonyl (C=O) groups is 1. The van der Waals surface area contributed by atoms with E-state index in [0.29, 0.717) is 12.5 Å². The van der Waals surface area contributed by atoms with E-state index in [-0.39, 0.29) is 5.97 Å². The quantitative estimate of drug-likeness (QED) is 0.792. The van der Waals surface area contributed by atoms with Gasteiger partial charge in [0.1, 0.15) is 5.54 Å². The van der Waals surface area contributed by atoms with Crippen LogP contribution in [0.15, 0.2) is 17.5 Å². The molecule has 4 heteroatoms. The molecular formula is C13H19NO2S. The third-order valence-electron chi connectivity index (χ3n) is 3.30. The summed E-state index contributed by atoms with van der Waals surface area (Å²) < 4.78 is 5.18. The molecular weight excluding hydrogens is 234 g/mol. The van der Waals surface area contributed by atoms with Crippen LogP contribution in [0.4, 0.5) is 0 Å². The Morgan fingerprint density at radius 3 is 2.94 bits per heavy atom. The molecule has 17 heavy (non-hydrogen) atoms. The number of carbonyl (C=O) groups excluding carboxylic acids is 1. The predicted octanol–water partition coefficient (Wildman–Crippen LogP) is 2.57. The molecule has 1 unspecified atom stereocenters. The lowest BCUT2D eigenvalue weighted by Crippen LogP contribution is -2.52. The Kier molecular flexibility index (Phi) is 3.84. The standard InChI is InChI=1S/C13H19NO2S/c1-3-16-12(15)13(2,10-6-7-10)14-9-11-5-4-8-17-11/h4-5,8,10,14H,3,6-7,9H2,1-2H3. The minimum absolute atomic E-state index is 0.112. The van der Waals surface area contributed by atoms with Gasteiger partial charge in [-0.15, -0.1) is 11.3 Å². The van der Waals surface area contributed by atoms with E-state index in [2.05, 4.69) is 16.8 Å². The van der Waals surface area contributed by atoms with E-state index >= 15 is 0 Å². The molecule has 1 atom stereocenters. The zero-order chi connectivity index (χ0) is 12.3. The first-order chi connectivity index (χ1) is 8.16. The molecule has 1 aliphatic rings. The van der Waals surface area contributed by atoms with Gasteiger partial charge >= 0.3 is 5.97 Å². The second kappa shape index (κ2) is 5.19. The first-order valence-corrected chi connectivity index (χ1v) is 6.99. The lowest BCUT2D eigenvalue weighted by molar-refractivity contribution is -0.151. The first kappa shape index (κ1) is 12.6. The fourth-order valence-electron chi connectivity index (χ4n) is 2.01. The van der Waals surface area contributed by atoms with Crippen molar-refractivity contribution in [1.29, 1.82) is 0 Å². The molecule has 1 saturated carbocycles. The highest BCUT2D eigenvalue weighted by Gasteiger charge is 2.48. The van der Waals surface area contributed by atoms with Crippen LogP contribution in [0.3, 0.4) is 0 Å². The molecule has 0 spiro atoms. The molecule has 0 aromatic carbocycles. The number of hydrogen-bond acceptors (Lipinski definition) is 4. The third-order valence-corrected chi connectivity index (χ3v) is 4.18. The number of esters is 1. The number of nitrogens with one attached hydrogen (secondary N) is 1. The summed E-state index contributed by atoms with van der Waals surface area (Å²) in [5.74, 6) is 0.320.